The third kappa shape index (κ3) is 5.91. The van der Waals surface area contributed by atoms with Crippen molar-refractivity contribution < 1.29 is 9.53 Å². The molecule has 0 spiro atoms. The van der Waals surface area contributed by atoms with E-state index in [1.54, 1.807) is 0 Å². The first kappa shape index (κ1) is 17.9. The van der Waals surface area contributed by atoms with Crippen LogP contribution < -0.4 is 0 Å². The van der Waals surface area contributed by atoms with E-state index in [0.717, 1.165) is 36.4 Å². The topological polar surface area (TPSA) is 29.5 Å². The second kappa shape index (κ2) is 7.87. The molecule has 0 aliphatic carbocycles. The van der Waals surface area contributed by atoms with Crippen molar-refractivity contribution in [2.45, 2.75) is 58.1 Å². The molecule has 1 saturated heterocycles. The summed E-state index contributed by atoms with van der Waals surface area (Å²) < 4.78 is 5.53. The highest BCUT2D eigenvalue weighted by Gasteiger charge is 2.29. The fraction of sp³-hybridized carbons (Fsp3) is 0.526. The molecule has 0 radical (unpaired) electrons. The van der Waals surface area contributed by atoms with Crippen LogP contribution in [-0.2, 0) is 4.74 Å². The predicted molar refractivity (Wildman–Crippen MR) is 95.7 cm³/mol. The van der Waals surface area contributed by atoms with E-state index in [1.165, 1.54) is 6.42 Å². The molecule has 1 heterocycles. The molecule has 0 bridgehead atoms. The number of nitrogens with zero attached hydrogens (tertiary/aromatic N) is 1. The number of ether oxygens (including phenoxy) is 1. The van der Waals surface area contributed by atoms with Gasteiger partial charge >= 0.3 is 6.09 Å². The minimum absolute atomic E-state index is 0.193. The third-order valence-corrected chi connectivity index (χ3v) is 4.10. The first-order chi connectivity index (χ1) is 10.8. The summed E-state index contributed by atoms with van der Waals surface area (Å²) in [5.74, 6) is 0. The lowest BCUT2D eigenvalue weighted by atomic mass is 9.99. The van der Waals surface area contributed by atoms with E-state index in [0.29, 0.717) is 0 Å². The van der Waals surface area contributed by atoms with Gasteiger partial charge in [-0.3, -0.25) is 0 Å². The maximum Gasteiger partial charge on any atom is 0.410 e. The van der Waals surface area contributed by atoms with Crippen LogP contribution in [0, 0.1) is 0 Å². The van der Waals surface area contributed by atoms with Crippen molar-refractivity contribution in [2.75, 3.05) is 6.54 Å². The van der Waals surface area contributed by atoms with Crippen LogP contribution in [0.2, 0.25) is 5.02 Å². The molecule has 1 amide bonds. The molecule has 0 aromatic heterocycles. The van der Waals surface area contributed by atoms with E-state index in [4.69, 9.17) is 16.3 Å². The van der Waals surface area contributed by atoms with Crippen molar-refractivity contribution in [2.24, 2.45) is 0 Å². The second-order valence-electron chi connectivity index (χ2n) is 7.01. The molecule has 1 aromatic carbocycles. The van der Waals surface area contributed by atoms with Crippen molar-refractivity contribution in [3.05, 3.63) is 40.9 Å². The Bertz CT molecular complexity index is 545. The third-order valence-electron chi connectivity index (χ3n) is 3.84. The van der Waals surface area contributed by atoms with Gasteiger partial charge in [0, 0.05) is 17.6 Å². The second-order valence-corrected chi connectivity index (χ2v) is 7.45. The Balaban J connectivity index is 1.95. The lowest BCUT2D eigenvalue weighted by molar-refractivity contribution is 0.0103. The zero-order valence-electron chi connectivity index (χ0n) is 14.2. The van der Waals surface area contributed by atoms with E-state index in [2.05, 4.69) is 12.2 Å². The van der Waals surface area contributed by atoms with E-state index >= 15 is 0 Å². The van der Waals surface area contributed by atoms with E-state index in [1.807, 2.05) is 49.9 Å². The Hall–Kier alpha value is -1.48. The normalized spacial score (nSPS) is 19.1. The highest BCUT2D eigenvalue weighted by atomic mass is 35.5. The van der Waals surface area contributed by atoms with Crippen molar-refractivity contribution in [1.29, 1.82) is 0 Å². The molecule has 0 N–H and O–H groups in total. The first-order valence-corrected chi connectivity index (χ1v) is 8.65. The number of carbonyl (C=O) groups is 1. The number of piperidine rings is 1. The Morgan fingerprint density at radius 2 is 2.00 bits per heavy atom. The number of benzene rings is 1. The summed E-state index contributed by atoms with van der Waals surface area (Å²) >= 11 is 5.89. The Labute approximate surface area is 144 Å². The van der Waals surface area contributed by atoms with Crippen LogP contribution in [0.3, 0.4) is 0 Å². The van der Waals surface area contributed by atoms with E-state index in [9.17, 15) is 4.79 Å². The zero-order chi connectivity index (χ0) is 16.9. The van der Waals surface area contributed by atoms with E-state index < -0.39 is 5.60 Å². The van der Waals surface area contributed by atoms with Gasteiger partial charge in [0.15, 0.2) is 0 Å². The summed E-state index contributed by atoms with van der Waals surface area (Å²) in [6.07, 6.45) is 8.12. The summed E-state index contributed by atoms with van der Waals surface area (Å²) in [6, 6.07) is 7.97. The number of hydrogen-bond donors (Lipinski definition) is 0. The lowest BCUT2D eigenvalue weighted by Crippen LogP contribution is -2.45. The smallest absolute Gasteiger partial charge is 0.410 e. The molecular formula is C19H26ClNO2. The van der Waals surface area contributed by atoms with Gasteiger partial charge in [-0.1, -0.05) is 35.9 Å². The molecule has 4 heteroatoms. The Kier molecular flexibility index (Phi) is 6.11. The van der Waals surface area contributed by atoms with E-state index in [-0.39, 0.29) is 12.1 Å². The summed E-state index contributed by atoms with van der Waals surface area (Å²) in [7, 11) is 0. The van der Waals surface area contributed by atoms with Crippen LogP contribution in [0.4, 0.5) is 4.79 Å². The van der Waals surface area contributed by atoms with Gasteiger partial charge in [0.25, 0.3) is 0 Å². The minimum atomic E-state index is -0.446. The summed E-state index contributed by atoms with van der Waals surface area (Å²) in [6.45, 7) is 6.51. The molecule has 1 aliphatic heterocycles. The standard InChI is InChI=1S/C19H26ClNO2/c1-19(2,3)23-18(22)21-14-5-4-8-17(21)9-6-7-15-10-12-16(20)13-11-15/h6-7,10-13,17H,4-5,8-9,14H2,1-3H3. The van der Waals surface area contributed by atoms with Gasteiger partial charge in [0.2, 0.25) is 0 Å². The predicted octanol–water partition coefficient (Wildman–Crippen LogP) is 5.53. The maximum atomic E-state index is 12.4. The van der Waals surface area contributed by atoms with Crippen LogP contribution in [0.1, 0.15) is 52.0 Å². The molecule has 1 aromatic rings. The van der Waals surface area contributed by atoms with Crippen LogP contribution in [-0.4, -0.2) is 29.2 Å². The Morgan fingerprint density at radius 3 is 2.65 bits per heavy atom. The number of rotatable bonds is 3. The molecule has 3 nitrogen and oxygen atoms in total. The fourth-order valence-electron chi connectivity index (χ4n) is 2.74. The average molecular weight is 336 g/mol. The molecule has 1 atom stereocenters. The maximum absolute atomic E-state index is 12.4. The highest BCUT2D eigenvalue weighted by Crippen LogP contribution is 2.23. The van der Waals surface area contributed by atoms with Gasteiger partial charge in [-0.2, -0.15) is 0 Å². The highest BCUT2D eigenvalue weighted by molar-refractivity contribution is 6.30. The minimum Gasteiger partial charge on any atom is -0.444 e. The number of likely N-dealkylation sites (tertiary alicyclic amines) is 1. The molecule has 2 rings (SSSR count). The van der Waals surface area contributed by atoms with Gasteiger partial charge in [0.1, 0.15) is 5.60 Å². The Morgan fingerprint density at radius 1 is 1.30 bits per heavy atom. The molecule has 126 valence electrons. The molecule has 1 fully saturated rings. The van der Waals surface area contributed by atoms with Gasteiger partial charge in [-0.25, -0.2) is 4.79 Å². The quantitative estimate of drug-likeness (QED) is 0.726. The SMILES string of the molecule is CC(C)(C)OC(=O)N1CCCCC1CC=Cc1ccc(Cl)cc1. The molecular weight excluding hydrogens is 310 g/mol. The largest absolute Gasteiger partial charge is 0.444 e. The van der Waals surface area contributed by atoms with Crippen molar-refractivity contribution in [3.63, 3.8) is 0 Å². The number of carbonyl (C=O) groups excluding carboxylic acids is 1. The van der Waals surface area contributed by atoms with Crippen LogP contribution in [0.25, 0.3) is 6.08 Å². The van der Waals surface area contributed by atoms with Crippen molar-refractivity contribution in [3.8, 4) is 0 Å². The van der Waals surface area contributed by atoms with Gasteiger partial charge in [-0.05, 0) is 64.2 Å². The number of hydrogen-bond acceptors (Lipinski definition) is 2. The monoisotopic (exact) mass is 335 g/mol. The average Bonchev–Trinajstić information content (AvgIpc) is 2.48. The summed E-state index contributed by atoms with van der Waals surface area (Å²) in [5, 5.41) is 0.741. The number of halogens is 1. The van der Waals surface area contributed by atoms with Crippen molar-refractivity contribution in [1.82, 2.24) is 4.90 Å². The van der Waals surface area contributed by atoms with Crippen molar-refractivity contribution >= 4 is 23.8 Å². The molecule has 0 saturated carbocycles. The van der Waals surface area contributed by atoms with Crippen LogP contribution in [0.15, 0.2) is 30.3 Å². The molecule has 1 unspecified atom stereocenters. The zero-order valence-corrected chi connectivity index (χ0v) is 15.0. The van der Waals surface area contributed by atoms with Gasteiger partial charge < -0.3 is 9.64 Å². The van der Waals surface area contributed by atoms with Gasteiger partial charge in [-0.15, -0.1) is 0 Å². The van der Waals surface area contributed by atoms with Crippen LogP contribution in [0.5, 0.6) is 0 Å². The first-order valence-electron chi connectivity index (χ1n) is 8.27. The number of amides is 1. The summed E-state index contributed by atoms with van der Waals surface area (Å²) in [4.78, 5) is 14.2. The lowest BCUT2D eigenvalue weighted by Gasteiger charge is -2.36. The fourth-order valence-corrected chi connectivity index (χ4v) is 2.87. The van der Waals surface area contributed by atoms with Crippen LogP contribution >= 0.6 is 11.6 Å². The summed E-state index contributed by atoms with van der Waals surface area (Å²) in [5.41, 5.74) is 0.673. The van der Waals surface area contributed by atoms with Gasteiger partial charge in [0.05, 0.1) is 0 Å². The molecule has 1 aliphatic rings. The molecule has 23 heavy (non-hydrogen) atoms.